The van der Waals surface area contributed by atoms with Crippen molar-refractivity contribution in [2.75, 3.05) is 6.61 Å². The lowest BCUT2D eigenvalue weighted by molar-refractivity contribution is 0.265. The van der Waals surface area contributed by atoms with Gasteiger partial charge in [0.05, 0.1) is 5.69 Å². The number of aliphatic hydroxyl groups is 1. The van der Waals surface area contributed by atoms with E-state index in [0.29, 0.717) is 0 Å². The van der Waals surface area contributed by atoms with E-state index in [1.54, 1.807) is 0 Å². The summed E-state index contributed by atoms with van der Waals surface area (Å²) in [6.07, 6.45) is 4.34. The van der Waals surface area contributed by atoms with Gasteiger partial charge in [-0.2, -0.15) is 0 Å². The normalized spacial score (nSPS) is 15.2. The van der Waals surface area contributed by atoms with Crippen LogP contribution in [0.15, 0.2) is 30.3 Å². The number of nitrogens with one attached hydrogen (secondary N) is 1. The Morgan fingerprint density at radius 2 is 2.10 bits per heavy atom. The van der Waals surface area contributed by atoms with E-state index in [1.807, 2.05) is 29.5 Å². The molecule has 0 saturated carbocycles. The van der Waals surface area contributed by atoms with Crippen molar-refractivity contribution >= 4 is 11.3 Å². The molecule has 0 unspecified atom stereocenters. The molecular weight excluding hydrogens is 268 g/mol. The van der Waals surface area contributed by atoms with Gasteiger partial charge in [0.25, 0.3) is 0 Å². The van der Waals surface area contributed by atoms with E-state index in [2.05, 4.69) is 17.4 Å². The largest absolute Gasteiger partial charge is 0.396 e. The molecule has 2 aromatic rings. The highest BCUT2D eigenvalue weighted by atomic mass is 32.1. The van der Waals surface area contributed by atoms with Gasteiger partial charge in [0, 0.05) is 24.1 Å². The molecule has 1 heterocycles. The maximum Gasteiger partial charge on any atom is 0.107 e. The summed E-state index contributed by atoms with van der Waals surface area (Å²) in [7, 11) is 0. The van der Waals surface area contributed by atoms with Gasteiger partial charge in [0.1, 0.15) is 5.01 Å². The monoisotopic (exact) mass is 288 g/mol. The Bertz CT molecular complexity index is 531. The van der Waals surface area contributed by atoms with Crippen LogP contribution in [-0.2, 0) is 19.4 Å². The topological polar surface area (TPSA) is 45.1 Å². The SMILES string of the molecule is OCC[C@@H](NCc1nc2c(s1)CCC2)c1ccccc1. The van der Waals surface area contributed by atoms with Crippen LogP contribution in [0.3, 0.4) is 0 Å². The average molecular weight is 288 g/mol. The van der Waals surface area contributed by atoms with E-state index in [-0.39, 0.29) is 12.6 Å². The Labute approximate surface area is 123 Å². The van der Waals surface area contributed by atoms with Gasteiger partial charge in [-0.05, 0) is 31.2 Å². The second kappa shape index (κ2) is 6.48. The van der Waals surface area contributed by atoms with Crippen molar-refractivity contribution in [3.05, 3.63) is 51.5 Å². The first-order valence-corrected chi connectivity index (χ1v) is 8.05. The van der Waals surface area contributed by atoms with Crippen LogP contribution in [0, 0.1) is 0 Å². The van der Waals surface area contributed by atoms with Gasteiger partial charge in [0.15, 0.2) is 0 Å². The molecule has 0 saturated heterocycles. The molecule has 0 spiro atoms. The van der Waals surface area contributed by atoms with E-state index in [4.69, 9.17) is 4.98 Å². The number of hydrogen-bond acceptors (Lipinski definition) is 4. The number of benzene rings is 1. The first-order valence-electron chi connectivity index (χ1n) is 7.23. The molecule has 20 heavy (non-hydrogen) atoms. The smallest absolute Gasteiger partial charge is 0.107 e. The molecule has 2 N–H and O–H groups in total. The highest BCUT2D eigenvalue weighted by molar-refractivity contribution is 7.11. The summed E-state index contributed by atoms with van der Waals surface area (Å²) in [5.41, 5.74) is 2.54. The summed E-state index contributed by atoms with van der Waals surface area (Å²) in [6.45, 7) is 0.984. The predicted octanol–water partition coefficient (Wildman–Crippen LogP) is 2.85. The quantitative estimate of drug-likeness (QED) is 0.859. The number of aryl methyl sites for hydroxylation is 2. The van der Waals surface area contributed by atoms with E-state index in [0.717, 1.165) is 19.4 Å². The third kappa shape index (κ3) is 3.08. The van der Waals surface area contributed by atoms with Crippen LogP contribution in [0.25, 0.3) is 0 Å². The standard InChI is InChI=1S/C16H20N2OS/c19-10-9-13(12-5-2-1-3-6-12)17-11-16-18-14-7-4-8-15(14)20-16/h1-3,5-6,13,17,19H,4,7-11H2/t13-/m1/s1. The second-order valence-corrected chi connectivity index (χ2v) is 6.36. The fourth-order valence-corrected chi connectivity index (χ4v) is 3.84. The highest BCUT2D eigenvalue weighted by Gasteiger charge is 2.17. The van der Waals surface area contributed by atoms with Crippen molar-refractivity contribution < 1.29 is 5.11 Å². The maximum absolute atomic E-state index is 9.24. The van der Waals surface area contributed by atoms with Gasteiger partial charge in [-0.3, -0.25) is 0 Å². The van der Waals surface area contributed by atoms with Crippen molar-refractivity contribution in [2.45, 2.75) is 38.3 Å². The Balaban J connectivity index is 1.64. The van der Waals surface area contributed by atoms with Gasteiger partial charge < -0.3 is 10.4 Å². The number of thiazole rings is 1. The van der Waals surface area contributed by atoms with E-state index in [1.165, 1.54) is 34.0 Å². The lowest BCUT2D eigenvalue weighted by atomic mass is 10.0. The minimum Gasteiger partial charge on any atom is -0.396 e. The first-order chi connectivity index (χ1) is 9.86. The first kappa shape index (κ1) is 13.7. The number of rotatable bonds is 6. The second-order valence-electron chi connectivity index (χ2n) is 5.19. The number of aromatic nitrogens is 1. The van der Waals surface area contributed by atoms with Crippen LogP contribution in [0.1, 0.15) is 40.0 Å². The lowest BCUT2D eigenvalue weighted by Crippen LogP contribution is -2.22. The number of nitrogens with zero attached hydrogens (tertiary/aromatic N) is 1. The van der Waals surface area contributed by atoms with Crippen molar-refractivity contribution in [2.24, 2.45) is 0 Å². The lowest BCUT2D eigenvalue weighted by Gasteiger charge is -2.17. The average Bonchev–Trinajstić information content (AvgIpc) is 3.05. The zero-order valence-electron chi connectivity index (χ0n) is 11.5. The Morgan fingerprint density at radius 1 is 1.25 bits per heavy atom. The zero-order valence-corrected chi connectivity index (χ0v) is 12.3. The van der Waals surface area contributed by atoms with Crippen molar-refractivity contribution in [3.63, 3.8) is 0 Å². The molecule has 0 fully saturated rings. The summed E-state index contributed by atoms with van der Waals surface area (Å²) in [5, 5.41) is 13.9. The summed E-state index contributed by atoms with van der Waals surface area (Å²) >= 11 is 1.84. The number of fused-ring (bicyclic) bond motifs is 1. The third-order valence-corrected chi connectivity index (χ3v) is 4.92. The molecule has 3 rings (SSSR count). The molecule has 1 aliphatic rings. The van der Waals surface area contributed by atoms with Gasteiger partial charge in [-0.15, -0.1) is 11.3 Å². The molecule has 1 aromatic heterocycles. The molecule has 0 amide bonds. The molecule has 1 atom stereocenters. The van der Waals surface area contributed by atoms with Gasteiger partial charge in [-0.1, -0.05) is 30.3 Å². The number of hydrogen-bond donors (Lipinski definition) is 2. The minimum absolute atomic E-state index is 0.194. The van der Waals surface area contributed by atoms with E-state index in [9.17, 15) is 5.11 Å². The maximum atomic E-state index is 9.24. The summed E-state index contributed by atoms with van der Waals surface area (Å²) in [4.78, 5) is 6.18. The van der Waals surface area contributed by atoms with Crippen molar-refractivity contribution in [3.8, 4) is 0 Å². The zero-order chi connectivity index (χ0) is 13.8. The Morgan fingerprint density at radius 3 is 2.85 bits per heavy atom. The third-order valence-electron chi connectivity index (χ3n) is 3.76. The molecule has 0 bridgehead atoms. The summed E-state index contributed by atoms with van der Waals surface area (Å²) in [5.74, 6) is 0. The Hall–Kier alpha value is -1.23. The van der Waals surface area contributed by atoms with Crippen LogP contribution in [0.2, 0.25) is 0 Å². The van der Waals surface area contributed by atoms with Gasteiger partial charge >= 0.3 is 0 Å². The van der Waals surface area contributed by atoms with Gasteiger partial charge in [0.2, 0.25) is 0 Å². The van der Waals surface area contributed by atoms with Crippen molar-refractivity contribution in [1.82, 2.24) is 10.3 Å². The molecule has 1 aromatic carbocycles. The van der Waals surface area contributed by atoms with Crippen LogP contribution in [0.5, 0.6) is 0 Å². The molecule has 3 nitrogen and oxygen atoms in total. The van der Waals surface area contributed by atoms with Crippen LogP contribution in [-0.4, -0.2) is 16.7 Å². The molecule has 0 radical (unpaired) electrons. The van der Waals surface area contributed by atoms with Crippen molar-refractivity contribution in [1.29, 1.82) is 0 Å². The fraction of sp³-hybridized carbons (Fsp3) is 0.438. The van der Waals surface area contributed by atoms with E-state index >= 15 is 0 Å². The van der Waals surface area contributed by atoms with E-state index < -0.39 is 0 Å². The molecular formula is C16H20N2OS. The van der Waals surface area contributed by atoms with Crippen LogP contribution in [0.4, 0.5) is 0 Å². The molecule has 106 valence electrons. The molecule has 1 aliphatic carbocycles. The number of aliphatic hydroxyl groups excluding tert-OH is 1. The fourth-order valence-electron chi connectivity index (χ4n) is 2.73. The highest BCUT2D eigenvalue weighted by Crippen LogP contribution is 2.28. The summed E-state index contributed by atoms with van der Waals surface area (Å²) < 4.78 is 0. The van der Waals surface area contributed by atoms with Gasteiger partial charge in [-0.25, -0.2) is 4.98 Å². The summed E-state index contributed by atoms with van der Waals surface area (Å²) in [6, 6.07) is 10.5. The minimum atomic E-state index is 0.194. The predicted molar refractivity (Wildman–Crippen MR) is 81.9 cm³/mol. The van der Waals surface area contributed by atoms with Crippen LogP contribution < -0.4 is 5.32 Å². The Kier molecular flexibility index (Phi) is 4.45. The molecule has 0 aliphatic heterocycles. The molecule has 4 heteroatoms. The van der Waals surface area contributed by atoms with Crippen LogP contribution >= 0.6 is 11.3 Å².